The molecule has 4 atom stereocenters. The molecule has 9 N–H and O–H groups in total. The van der Waals surface area contributed by atoms with Gasteiger partial charge in [-0.1, -0.05) is 15.9 Å². The van der Waals surface area contributed by atoms with Gasteiger partial charge in [0.2, 0.25) is 0 Å². The smallest absolute Gasteiger partial charge is 0.336 e. The number of likely N-dealkylation sites (N-methyl/N-ethyl adjacent to an activating group) is 3. The summed E-state index contributed by atoms with van der Waals surface area (Å²) in [7, 11) is 10.5. The monoisotopic (exact) mass is 1210 g/mol. The van der Waals surface area contributed by atoms with Crippen LogP contribution in [0.3, 0.4) is 0 Å². The second kappa shape index (κ2) is 35.0. The Morgan fingerprint density at radius 3 is 1.20 bits per heavy atom. The highest BCUT2D eigenvalue weighted by Crippen LogP contribution is 2.23. The third kappa shape index (κ3) is 32.0. The fourth-order valence-electron chi connectivity index (χ4n) is 5.46. The number of nitrogens with two attached hydrogens (primary N) is 1. The van der Waals surface area contributed by atoms with Crippen molar-refractivity contribution in [2.75, 3.05) is 78.3 Å². The molecule has 79 heavy (non-hydrogen) atoms. The Hall–Kier alpha value is -6.76. The van der Waals surface area contributed by atoms with E-state index in [1.807, 2.05) is 0 Å². The summed E-state index contributed by atoms with van der Waals surface area (Å²) in [6.45, 7) is 12.2. The first-order valence-corrected chi connectivity index (χ1v) is 24.2. The van der Waals surface area contributed by atoms with Gasteiger partial charge in [-0.2, -0.15) is 0 Å². The number of anilines is 2. The maximum absolute atomic E-state index is 13.1. The average molecular weight is 1210 g/mol. The van der Waals surface area contributed by atoms with Gasteiger partial charge in [-0.05, 0) is 168 Å². The molecule has 0 saturated carbocycles. The van der Waals surface area contributed by atoms with E-state index >= 15 is 0 Å². The van der Waals surface area contributed by atoms with Gasteiger partial charge < -0.3 is 56.4 Å². The van der Waals surface area contributed by atoms with Crippen LogP contribution in [0.2, 0.25) is 0 Å². The second-order valence-corrected chi connectivity index (χ2v) is 19.8. The third-order valence-electron chi connectivity index (χ3n) is 9.50. The van der Waals surface area contributed by atoms with E-state index in [0.29, 0.717) is 33.6 Å². The minimum Gasteiger partial charge on any atom is -0.479 e. The van der Waals surface area contributed by atoms with Gasteiger partial charge in [0.15, 0.2) is 16.8 Å². The maximum atomic E-state index is 13.1. The number of nitro groups is 3. The average Bonchev–Trinajstić information content (AvgIpc) is 3.29. The summed E-state index contributed by atoms with van der Waals surface area (Å²) in [6.07, 6.45) is 0. The van der Waals surface area contributed by atoms with Crippen molar-refractivity contribution in [3.05, 3.63) is 143 Å². The van der Waals surface area contributed by atoms with E-state index in [1.54, 1.807) is 83.0 Å². The Bertz CT molecular complexity index is 2650. The van der Waals surface area contributed by atoms with Crippen molar-refractivity contribution in [3.63, 3.8) is 0 Å². The lowest BCUT2D eigenvalue weighted by molar-refractivity contribution is -0.389. The number of nitrogen functional groups attached to an aromatic ring is 1. The van der Waals surface area contributed by atoms with Gasteiger partial charge in [0.1, 0.15) is 23.1 Å². The zero-order chi connectivity index (χ0) is 62.7. The number of hydrogen-bond acceptors (Lipinski definition) is 18. The minimum atomic E-state index is -1.64. The lowest BCUT2D eigenvalue weighted by Crippen LogP contribution is -2.47. The summed E-state index contributed by atoms with van der Waals surface area (Å²) in [5.41, 5.74) is 1.55. The van der Waals surface area contributed by atoms with Crippen LogP contribution in [0.4, 0.5) is 41.6 Å². The van der Waals surface area contributed by atoms with E-state index in [1.165, 1.54) is 77.9 Å². The molecule has 0 spiro atoms. The molecule has 1 amide bonds. The van der Waals surface area contributed by atoms with E-state index in [2.05, 4.69) is 21.2 Å². The molecule has 4 rings (SSSR count). The number of nitrogens with zero attached hydrogens (tertiary/aromatic N) is 6. The number of aliphatic carboxylic acids is 2. The van der Waals surface area contributed by atoms with Gasteiger partial charge in [0, 0.05) is 72.2 Å². The first kappa shape index (κ1) is 76.5. The Labute approximate surface area is 468 Å². The molecule has 442 valence electrons. The zero-order valence-electron chi connectivity index (χ0n) is 46.2. The summed E-state index contributed by atoms with van der Waals surface area (Å²) in [4.78, 5) is 76.7. The summed E-state index contributed by atoms with van der Waals surface area (Å²) >= 11 is 7.94. The molecule has 1 unspecified atom stereocenters. The van der Waals surface area contributed by atoms with Crippen LogP contribution in [-0.2, 0) is 19.2 Å². The fraction of sp³-hybridized carbons (Fsp3) is 0.440. The van der Waals surface area contributed by atoms with E-state index < -0.39 is 66.1 Å². The van der Waals surface area contributed by atoms with Crippen LogP contribution in [0.25, 0.3) is 0 Å². The Morgan fingerprint density at radius 2 is 0.924 bits per heavy atom. The van der Waals surface area contributed by atoms with Crippen LogP contribution in [0, 0.1) is 75.5 Å². The van der Waals surface area contributed by atoms with Crippen molar-refractivity contribution in [1.29, 1.82) is 0 Å². The van der Waals surface area contributed by atoms with Crippen LogP contribution in [-0.4, -0.2) is 173 Å². The molecule has 0 heterocycles. The SMILES string of the molecule is CN(C)C[C@](C)(O)C(=O)Cl.CN(C)C[C@](C)(O)C(=O)O.C[C@](O)(CBr)C(=O)O.Cc1cc(N)ccc1[18F].Cc1cc(NC(=O)C(C)(O)CN(C)C)ccc1[18F].Cc1cc([N+](=O)[O-])ccc1[18F].Cc1cc([N+](=O)[O-])ccc1[N+](=O)[O-]. The number of nitrogens with one attached hydrogen (secondary N) is 1. The molecule has 0 radical (unpaired) electrons. The third-order valence-corrected chi connectivity index (χ3v) is 11.0. The van der Waals surface area contributed by atoms with Crippen molar-refractivity contribution in [3.8, 4) is 0 Å². The van der Waals surface area contributed by atoms with E-state index in [9.17, 15) is 72.9 Å². The Balaban J connectivity index is -0.000000868. The molecule has 0 fully saturated rings. The summed E-state index contributed by atoms with van der Waals surface area (Å²) in [6, 6.07) is 15.7. The van der Waals surface area contributed by atoms with Crippen molar-refractivity contribution in [1.82, 2.24) is 14.7 Å². The Kier molecular flexibility index (Phi) is 33.9. The van der Waals surface area contributed by atoms with Gasteiger partial charge >= 0.3 is 11.9 Å². The summed E-state index contributed by atoms with van der Waals surface area (Å²) < 4.78 is 38.1. The molecule has 4 aromatic rings. The number of carboxylic acids is 2. The number of nitro benzene ring substituents is 3. The number of alkyl halides is 1. The quantitative estimate of drug-likeness (QED) is 0.0204. The van der Waals surface area contributed by atoms with Crippen molar-refractivity contribution in [2.24, 2.45) is 0 Å². The predicted octanol–water partition coefficient (Wildman–Crippen LogP) is 6.62. The molecular formula is C50H71BrClF3N8O16. The van der Waals surface area contributed by atoms with Crippen LogP contribution < -0.4 is 11.1 Å². The van der Waals surface area contributed by atoms with Crippen molar-refractivity contribution in [2.45, 2.75) is 77.8 Å². The normalized spacial score (nSPS) is 13.3. The molecular weight excluding hydrogens is 1140 g/mol. The minimum absolute atomic E-state index is 0.0509. The van der Waals surface area contributed by atoms with Gasteiger partial charge in [-0.15, -0.1) is 0 Å². The van der Waals surface area contributed by atoms with Crippen LogP contribution in [0.15, 0.2) is 72.8 Å². The number of amides is 1. The van der Waals surface area contributed by atoms with Gasteiger partial charge in [-0.3, -0.25) is 39.9 Å². The molecule has 0 aliphatic rings. The molecule has 4 aromatic carbocycles. The van der Waals surface area contributed by atoms with Crippen LogP contribution in [0.5, 0.6) is 0 Å². The largest absolute Gasteiger partial charge is 0.479 e. The summed E-state index contributed by atoms with van der Waals surface area (Å²) in [5, 5.41) is 86.4. The fourth-order valence-corrected chi connectivity index (χ4v) is 5.76. The molecule has 0 aromatic heterocycles. The van der Waals surface area contributed by atoms with E-state index in [0.717, 1.165) is 24.3 Å². The van der Waals surface area contributed by atoms with E-state index in [4.69, 9.17) is 37.8 Å². The molecule has 0 saturated heterocycles. The molecule has 24 nitrogen and oxygen atoms in total. The number of hydrogen-bond donors (Lipinski definition) is 8. The molecule has 0 aliphatic carbocycles. The topological polar surface area (TPSA) is 367 Å². The number of carbonyl (C=O) groups is 4. The number of non-ortho nitro benzene ring substituents is 2. The molecule has 29 heteroatoms. The summed E-state index contributed by atoms with van der Waals surface area (Å²) in [5.74, 6) is -3.87. The number of rotatable bonds is 15. The standard InChI is InChI=1S/C13H19FN2O2.C7H6FNO2.C7H8FN.C7H6N2O4.C6H12ClNO2.C6H13NO3.C4H7BrO3/c1-9-7-10(5-6-11(9)14)15-12(17)13(2,18)8-16(3)4;1-5-4-6(9(10)11)2-3-7(5)8;1-5-4-6(9)2-3-7(5)8;1-5-4-6(8(10)11)2-3-7(5)9(12)13;1-6(10,5(7)9)4-8(2)3;1-6(10,5(8)9)4-7(2)3;1-4(8,2-5)3(6)7/h5-7,18H,8H2,1-4H3,(H,15,17);2-4H,1H3;2-4H,9H2,1H3;2-4H,1H3;10H,4H2,1-3H3;10H,4H2,1-3H3,(H,8,9);8H,2H2,1H3,(H,6,7)/t;;;;2*6-;4-/m....000/s1/i14-1;2*8-1;;;;. The number of halogens is 5. The number of aryl methyl sites for hydroxylation is 4. The lowest BCUT2D eigenvalue weighted by Gasteiger charge is -2.25. The number of carboxylic acid groups (broad SMARTS) is 2. The van der Waals surface area contributed by atoms with E-state index in [-0.39, 0.29) is 53.7 Å². The van der Waals surface area contributed by atoms with Crippen LogP contribution in [0.1, 0.15) is 49.9 Å². The molecule has 0 aliphatic heterocycles. The zero-order valence-corrected chi connectivity index (χ0v) is 48.5. The van der Waals surface area contributed by atoms with Crippen LogP contribution >= 0.6 is 27.5 Å². The number of carbonyl (C=O) groups excluding carboxylic acids is 2. The lowest BCUT2D eigenvalue weighted by atomic mass is 10.1. The Morgan fingerprint density at radius 1 is 0.570 bits per heavy atom. The van der Waals surface area contributed by atoms with Crippen molar-refractivity contribution < 1.29 is 77.8 Å². The first-order chi connectivity index (χ1) is 35.8. The molecule has 0 bridgehead atoms. The maximum Gasteiger partial charge on any atom is 0.336 e. The highest BCUT2D eigenvalue weighted by molar-refractivity contribution is 9.09. The predicted molar refractivity (Wildman–Crippen MR) is 296 cm³/mol. The van der Waals surface area contributed by atoms with Crippen molar-refractivity contribution >= 4 is 79.1 Å². The second-order valence-electron chi connectivity index (χ2n) is 18.9. The van der Waals surface area contributed by atoms with Gasteiger partial charge in [0.25, 0.3) is 28.2 Å². The highest BCUT2D eigenvalue weighted by Gasteiger charge is 2.32. The number of benzene rings is 4. The number of aliphatic hydroxyl groups is 4. The first-order valence-electron chi connectivity index (χ1n) is 22.7. The highest BCUT2D eigenvalue weighted by atomic mass is 79.9. The van der Waals surface area contributed by atoms with Gasteiger partial charge in [-0.25, -0.2) is 22.8 Å². The van der Waals surface area contributed by atoms with Gasteiger partial charge in [0.05, 0.1) is 14.8 Å².